The maximum Gasteiger partial charge on any atom is 0.329 e. The Morgan fingerprint density at radius 1 is 0.800 bits per heavy atom. The molecule has 0 aliphatic carbocycles. The molecule has 0 spiro atoms. The molecular weight excluding hydrogens is 518 g/mol. The van der Waals surface area contributed by atoms with E-state index in [4.69, 9.17) is 20.6 Å². The first-order valence-electron chi connectivity index (χ1n) is 13.0. The monoisotopic (exact) mass is 561 g/mol. The Hall–Kier alpha value is -3.96. The van der Waals surface area contributed by atoms with Crippen LogP contribution >= 0.6 is 0 Å². The standard InChI is InChI=1S/C28H43N5O7/c1-15(2)21(26(38)40-28(7,8)9)33-25(37)19(14-20(34)39-27(4,5)6)32-23(35)16(3)31-24(36)18-12-10-17(11-13-18)22(29)30/h10-13,15-16,19,21H,14H2,1-9H3,(H3,29,30)(H,31,36)(H,32,35)(H,33,37)/t16-,19-,21-/m0/s1. The van der Waals surface area contributed by atoms with Gasteiger partial charge in [0.05, 0.1) is 6.42 Å². The Morgan fingerprint density at radius 2 is 1.30 bits per heavy atom. The van der Waals surface area contributed by atoms with E-state index in [0.717, 1.165) is 0 Å². The highest BCUT2D eigenvalue weighted by atomic mass is 16.6. The average molecular weight is 562 g/mol. The van der Waals surface area contributed by atoms with Crippen LogP contribution in [0.2, 0.25) is 0 Å². The summed E-state index contributed by atoms with van der Waals surface area (Å²) in [4.78, 5) is 64.2. The average Bonchev–Trinajstić information content (AvgIpc) is 2.79. The van der Waals surface area contributed by atoms with Crippen molar-refractivity contribution in [2.75, 3.05) is 0 Å². The molecule has 0 unspecified atom stereocenters. The fourth-order valence-electron chi connectivity index (χ4n) is 3.32. The molecule has 0 heterocycles. The first-order valence-corrected chi connectivity index (χ1v) is 13.0. The van der Waals surface area contributed by atoms with Crippen molar-refractivity contribution in [2.24, 2.45) is 11.7 Å². The molecule has 0 saturated heterocycles. The number of amidine groups is 1. The zero-order valence-corrected chi connectivity index (χ0v) is 24.8. The number of nitrogens with two attached hydrogens (primary N) is 1. The summed E-state index contributed by atoms with van der Waals surface area (Å²) in [5.41, 5.74) is 4.46. The van der Waals surface area contributed by atoms with Gasteiger partial charge in [0.15, 0.2) is 0 Å². The Morgan fingerprint density at radius 3 is 1.75 bits per heavy atom. The van der Waals surface area contributed by atoms with Crippen molar-refractivity contribution in [1.29, 1.82) is 5.41 Å². The molecule has 3 amide bonds. The summed E-state index contributed by atoms with van der Waals surface area (Å²) in [6, 6.07) is 2.37. The Bertz CT molecular complexity index is 1100. The van der Waals surface area contributed by atoms with E-state index in [0.29, 0.717) is 5.56 Å². The van der Waals surface area contributed by atoms with Gasteiger partial charge in [-0.25, -0.2) is 4.79 Å². The van der Waals surface area contributed by atoms with E-state index in [9.17, 15) is 24.0 Å². The quantitative estimate of drug-likeness (QED) is 0.153. The van der Waals surface area contributed by atoms with E-state index in [-0.39, 0.29) is 17.3 Å². The maximum absolute atomic E-state index is 13.3. The third kappa shape index (κ3) is 11.8. The van der Waals surface area contributed by atoms with Crippen LogP contribution in [-0.2, 0) is 28.7 Å². The van der Waals surface area contributed by atoms with Gasteiger partial charge in [-0.15, -0.1) is 0 Å². The molecule has 12 nitrogen and oxygen atoms in total. The van der Waals surface area contributed by atoms with Crippen molar-refractivity contribution in [1.82, 2.24) is 16.0 Å². The summed E-state index contributed by atoms with van der Waals surface area (Å²) in [5.74, 6) is -4.01. The number of ether oxygens (including phenoxy) is 2. The molecule has 0 radical (unpaired) electrons. The van der Waals surface area contributed by atoms with Gasteiger partial charge in [-0.2, -0.15) is 0 Å². The van der Waals surface area contributed by atoms with Crippen molar-refractivity contribution < 1.29 is 33.4 Å². The van der Waals surface area contributed by atoms with Crippen LogP contribution in [-0.4, -0.2) is 64.8 Å². The van der Waals surface area contributed by atoms with Crippen LogP contribution in [0.25, 0.3) is 0 Å². The molecule has 0 aliphatic heterocycles. The number of nitrogens with one attached hydrogen (secondary N) is 4. The van der Waals surface area contributed by atoms with Crippen LogP contribution in [0, 0.1) is 11.3 Å². The number of carbonyl (C=O) groups excluding carboxylic acids is 5. The molecule has 12 heteroatoms. The summed E-state index contributed by atoms with van der Waals surface area (Å²) in [6.07, 6.45) is -0.513. The lowest BCUT2D eigenvalue weighted by molar-refractivity contribution is -0.160. The minimum atomic E-state index is -1.40. The Labute approximate surface area is 235 Å². The van der Waals surface area contributed by atoms with Gasteiger partial charge in [0.25, 0.3) is 5.91 Å². The minimum Gasteiger partial charge on any atom is -0.460 e. The van der Waals surface area contributed by atoms with E-state index in [1.165, 1.54) is 31.2 Å². The minimum absolute atomic E-state index is 0.152. The number of nitrogen functional groups attached to an aromatic ring is 1. The lowest BCUT2D eigenvalue weighted by atomic mass is 10.0. The van der Waals surface area contributed by atoms with Crippen molar-refractivity contribution in [3.05, 3.63) is 35.4 Å². The van der Waals surface area contributed by atoms with Gasteiger partial charge < -0.3 is 31.2 Å². The lowest BCUT2D eigenvalue weighted by Crippen LogP contribution is -2.57. The maximum atomic E-state index is 13.3. The third-order valence-electron chi connectivity index (χ3n) is 5.25. The molecular formula is C28H43N5O7. The smallest absolute Gasteiger partial charge is 0.329 e. The number of amides is 3. The topological polar surface area (TPSA) is 190 Å². The molecule has 1 aromatic carbocycles. The third-order valence-corrected chi connectivity index (χ3v) is 5.25. The molecule has 1 aromatic rings. The van der Waals surface area contributed by atoms with E-state index in [2.05, 4.69) is 16.0 Å². The van der Waals surface area contributed by atoms with Gasteiger partial charge in [0, 0.05) is 11.1 Å². The van der Waals surface area contributed by atoms with Crippen molar-refractivity contribution >= 4 is 35.5 Å². The van der Waals surface area contributed by atoms with Gasteiger partial charge in [0.2, 0.25) is 11.8 Å². The van der Waals surface area contributed by atoms with Gasteiger partial charge in [-0.1, -0.05) is 26.0 Å². The van der Waals surface area contributed by atoms with Crippen LogP contribution < -0.4 is 21.7 Å². The van der Waals surface area contributed by atoms with Crippen LogP contribution in [0.4, 0.5) is 0 Å². The predicted octanol–water partition coefficient (Wildman–Crippen LogP) is 1.79. The summed E-state index contributed by atoms with van der Waals surface area (Å²) in [7, 11) is 0. The molecule has 3 atom stereocenters. The molecule has 6 N–H and O–H groups in total. The summed E-state index contributed by atoms with van der Waals surface area (Å²) >= 11 is 0. The van der Waals surface area contributed by atoms with E-state index in [1.807, 2.05) is 0 Å². The number of carbonyl (C=O) groups is 5. The van der Waals surface area contributed by atoms with Crippen LogP contribution in [0.5, 0.6) is 0 Å². The molecule has 1 rings (SSSR count). The van der Waals surface area contributed by atoms with Crippen molar-refractivity contribution in [3.63, 3.8) is 0 Å². The molecule has 222 valence electrons. The number of rotatable bonds is 11. The van der Waals surface area contributed by atoms with Crippen LogP contribution in [0.1, 0.15) is 84.7 Å². The number of hydrogen-bond donors (Lipinski definition) is 5. The number of hydrogen-bond acceptors (Lipinski definition) is 8. The number of esters is 2. The van der Waals surface area contributed by atoms with Crippen LogP contribution in [0.3, 0.4) is 0 Å². The molecule has 0 aromatic heterocycles. The molecule has 0 fully saturated rings. The molecule has 0 aliphatic rings. The normalized spacial score (nSPS) is 13.8. The highest BCUT2D eigenvalue weighted by molar-refractivity contribution is 6.00. The SMILES string of the molecule is CC(C)[C@H](NC(=O)[C@H](CC(=O)OC(C)(C)C)NC(=O)[C@H](C)NC(=O)c1ccc(C(=N)N)cc1)C(=O)OC(C)(C)C. The van der Waals surface area contributed by atoms with Gasteiger partial charge in [-0.05, 0) is 66.5 Å². The Kier molecular flexibility index (Phi) is 11.8. The van der Waals surface area contributed by atoms with Gasteiger partial charge >= 0.3 is 11.9 Å². The van der Waals surface area contributed by atoms with Gasteiger partial charge in [0.1, 0.15) is 35.2 Å². The molecule has 40 heavy (non-hydrogen) atoms. The fraction of sp³-hybridized carbons (Fsp3) is 0.571. The van der Waals surface area contributed by atoms with E-state index >= 15 is 0 Å². The zero-order chi connectivity index (χ0) is 31.0. The molecule has 0 saturated carbocycles. The fourth-order valence-corrected chi connectivity index (χ4v) is 3.32. The molecule has 0 bridgehead atoms. The largest absolute Gasteiger partial charge is 0.460 e. The Balaban J connectivity index is 3.07. The summed E-state index contributed by atoms with van der Waals surface area (Å²) in [6.45, 7) is 14.9. The van der Waals surface area contributed by atoms with Crippen molar-refractivity contribution in [2.45, 2.75) is 98.1 Å². The summed E-state index contributed by atoms with van der Waals surface area (Å²) in [5, 5.41) is 15.0. The van der Waals surface area contributed by atoms with E-state index < -0.39 is 65.4 Å². The second-order valence-corrected chi connectivity index (χ2v) is 11.8. The van der Waals surface area contributed by atoms with Crippen LogP contribution in [0.15, 0.2) is 24.3 Å². The highest BCUT2D eigenvalue weighted by Crippen LogP contribution is 2.14. The highest BCUT2D eigenvalue weighted by Gasteiger charge is 2.34. The second kappa shape index (κ2) is 13.9. The summed E-state index contributed by atoms with van der Waals surface area (Å²) < 4.78 is 10.7. The number of benzene rings is 1. The first-order chi connectivity index (χ1) is 18.2. The van der Waals surface area contributed by atoms with E-state index in [1.54, 1.807) is 55.4 Å². The zero-order valence-electron chi connectivity index (χ0n) is 24.8. The lowest BCUT2D eigenvalue weighted by Gasteiger charge is -2.28. The van der Waals surface area contributed by atoms with Crippen molar-refractivity contribution in [3.8, 4) is 0 Å². The second-order valence-electron chi connectivity index (χ2n) is 11.8. The predicted molar refractivity (Wildman–Crippen MR) is 149 cm³/mol. The van der Waals surface area contributed by atoms with Gasteiger partial charge in [-0.3, -0.25) is 24.6 Å². The first kappa shape index (κ1) is 34.1.